The molecule has 1 amide bonds. The van der Waals surface area contributed by atoms with Gasteiger partial charge in [0, 0.05) is 5.38 Å². The standard InChI is InChI=1S/C13H18IN3O2S/c14-10-6-9(7-20-10)13(18)16-11(12(15)17-19)8-4-2-1-3-5-8/h6-8,11,19H,1-5H2,(H2,15,17)(H,16,18). The number of nitrogens with two attached hydrogens (primary N) is 1. The predicted molar refractivity (Wildman–Crippen MR) is 88.3 cm³/mol. The van der Waals surface area contributed by atoms with Crippen LogP contribution in [-0.2, 0) is 0 Å². The number of nitrogens with one attached hydrogen (secondary N) is 1. The molecule has 0 spiro atoms. The number of halogens is 1. The van der Waals surface area contributed by atoms with Gasteiger partial charge in [0.25, 0.3) is 5.91 Å². The first-order valence-corrected chi connectivity index (χ1v) is 8.60. The number of thiophene rings is 1. The van der Waals surface area contributed by atoms with E-state index < -0.39 is 0 Å². The molecule has 0 radical (unpaired) electrons. The summed E-state index contributed by atoms with van der Waals surface area (Å²) in [5.41, 5.74) is 6.40. The minimum atomic E-state index is -0.384. The monoisotopic (exact) mass is 407 g/mol. The van der Waals surface area contributed by atoms with Crippen LogP contribution in [0, 0.1) is 8.80 Å². The number of carbonyl (C=O) groups excluding carboxylic acids is 1. The van der Waals surface area contributed by atoms with Gasteiger partial charge in [0.1, 0.15) is 0 Å². The van der Waals surface area contributed by atoms with Crippen molar-refractivity contribution in [2.45, 2.75) is 38.1 Å². The van der Waals surface area contributed by atoms with E-state index in [9.17, 15) is 4.79 Å². The molecule has 1 fully saturated rings. The van der Waals surface area contributed by atoms with Crippen molar-refractivity contribution in [2.24, 2.45) is 16.8 Å². The van der Waals surface area contributed by atoms with Crippen LogP contribution >= 0.6 is 33.9 Å². The van der Waals surface area contributed by atoms with Crippen molar-refractivity contribution in [3.8, 4) is 0 Å². The molecule has 2 rings (SSSR count). The Morgan fingerprint density at radius 2 is 2.20 bits per heavy atom. The molecule has 0 saturated heterocycles. The molecule has 1 aliphatic rings. The van der Waals surface area contributed by atoms with Gasteiger partial charge in [0.15, 0.2) is 5.84 Å². The molecular formula is C13H18IN3O2S. The summed E-state index contributed by atoms with van der Waals surface area (Å²) >= 11 is 3.71. The molecule has 1 unspecified atom stereocenters. The minimum Gasteiger partial charge on any atom is -0.409 e. The average Bonchev–Trinajstić information content (AvgIpc) is 2.91. The Kier molecular flexibility index (Phi) is 5.64. The van der Waals surface area contributed by atoms with Crippen molar-refractivity contribution in [1.29, 1.82) is 0 Å². The second kappa shape index (κ2) is 7.26. The second-order valence-electron chi connectivity index (χ2n) is 5.01. The van der Waals surface area contributed by atoms with Gasteiger partial charge in [-0.25, -0.2) is 0 Å². The molecule has 1 aromatic heterocycles. The highest BCUT2D eigenvalue weighted by molar-refractivity contribution is 14.1. The van der Waals surface area contributed by atoms with E-state index in [0.717, 1.165) is 28.6 Å². The Morgan fingerprint density at radius 3 is 2.75 bits per heavy atom. The molecule has 0 bridgehead atoms. The Labute approximate surface area is 135 Å². The highest BCUT2D eigenvalue weighted by Crippen LogP contribution is 2.27. The molecule has 1 heterocycles. The largest absolute Gasteiger partial charge is 0.409 e. The van der Waals surface area contributed by atoms with Crippen molar-refractivity contribution >= 4 is 45.7 Å². The zero-order chi connectivity index (χ0) is 14.5. The lowest BCUT2D eigenvalue weighted by Gasteiger charge is -2.29. The van der Waals surface area contributed by atoms with Gasteiger partial charge in [0.2, 0.25) is 0 Å². The zero-order valence-corrected chi connectivity index (χ0v) is 14.0. The van der Waals surface area contributed by atoms with Gasteiger partial charge in [-0.2, -0.15) is 0 Å². The fourth-order valence-electron chi connectivity index (χ4n) is 2.62. The molecule has 1 saturated carbocycles. The number of rotatable bonds is 4. The van der Waals surface area contributed by atoms with Gasteiger partial charge in [0.05, 0.1) is 14.5 Å². The summed E-state index contributed by atoms with van der Waals surface area (Å²) in [5.74, 6) is 0.183. The molecule has 7 heteroatoms. The summed E-state index contributed by atoms with van der Waals surface area (Å²) in [5, 5.41) is 16.8. The number of carbonyl (C=O) groups is 1. The number of amidine groups is 1. The Bertz CT molecular complexity index is 498. The van der Waals surface area contributed by atoms with E-state index in [0.29, 0.717) is 5.56 Å². The topological polar surface area (TPSA) is 87.7 Å². The SMILES string of the molecule is NC(=NO)C(NC(=O)c1csc(I)c1)C1CCCCC1. The summed E-state index contributed by atoms with van der Waals surface area (Å²) in [6.45, 7) is 0. The minimum absolute atomic E-state index is 0.0928. The van der Waals surface area contributed by atoms with E-state index in [1.807, 2.05) is 11.4 Å². The van der Waals surface area contributed by atoms with E-state index in [4.69, 9.17) is 10.9 Å². The van der Waals surface area contributed by atoms with Crippen molar-refractivity contribution in [3.05, 3.63) is 19.9 Å². The third-order valence-electron chi connectivity index (χ3n) is 3.67. The molecule has 110 valence electrons. The van der Waals surface area contributed by atoms with Crippen LogP contribution in [0.1, 0.15) is 42.5 Å². The molecule has 0 aliphatic heterocycles. The van der Waals surface area contributed by atoms with Gasteiger partial charge in [-0.05, 0) is 47.4 Å². The molecule has 5 nitrogen and oxygen atoms in total. The van der Waals surface area contributed by atoms with Crippen LogP contribution in [0.4, 0.5) is 0 Å². The molecule has 1 atom stereocenters. The zero-order valence-electron chi connectivity index (χ0n) is 11.0. The molecule has 4 N–H and O–H groups in total. The number of nitrogens with zero attached hydrogens (tertiary/aromatic N) is 1. The van der Waals surface area contributed by atoms with Crippen LogP contribution in [0.25, 0.3) is 0 Å². The van der Waals surface area contributed by atoms with Crippen LogP contribution in [0.15, 0.2) is 16.6 Å². The second-order valence-corrected chi connectivity index (χ2v) is 7.82. The van der Waals surface area contributed by atoms with Crippen molar-refractivity contribution in [3.63, 3.8) is 0 Å². The van der Waals surface area contributed by atoms with Gasteiger partial charge in [-0.15, -0.1) is 11.3 Å². The average molecular weight is 407 g/mol. The lowest BCUT2D eigenvalue weighted by Crippen LogP contribution is -2.49. The van der Waals surface area contributed by atoms with Crippen molar-refractivity contribution in [1.82, 2.24) is 5.32 Å². The third-order valence-corrected chi connectivity index (χ3v) is 5.46. The summed E-state index contributed by atoms with van der Waals surface area (Å²) in [6.07, 6.45) is 5.49. The number of oxime groups is 1. The van der Waals surface area contributed by atoms with E-state index >= 15 is 0 Å². The van der Waals surface area contributed by atoms with Crippen molar-refractivity contribution < 1.29 is 10.0 Å². The normalized spacial score (nSPS) is 18.8. The number of hydrogen-bond donors (Lipinski definition) is 3. The molecule has 1 aromatic rings. The molecular weight excluding hydrogens is 389 g/mol. The number of hydrogen-bond acceptors (Lipinski definition) is 4. The third kappa shape index (κ3) is 3.85. The fourth-order valence-corrected chi connectivity index (χ4v) is 3.94. The summed E-state index contributed by atoms with van der Waals surface area (Å²) in [6, 6.07) is 1.45. The van der Waals surface area contributed by atoms with Gasteiger partial charge in [-0.3, -0.25) is 4.79 Å². The Hall–Kier alpha value is -0.830. The van der Waals surface area contributed by atoms with Gasteiger partial charge in [-0.1, -0.05) is 24.4 Å². The predicted octanol–water partition coefficient (Wildman–Crippen LogP) is 2.78. The first-order chi connectivity index (χ1) is 9.61. The maximum Gasteiger partial charge on any atom is 0.252 e. The Morgan fingerprint density at radius 1 is 1.50 bits per heavy atom. The van der Waals surface area contributed by atoms with Crippen LogP contribution < -0.4 is 11.1 Å². The first kappa shape index (κ1) is 15.6. The van der Waals surface area contributed by atoms with E-state index in [-0.39, 0.29) is 23.7 Å². The Balaban J connectivity index is 2.09. The summed E-state index contributed by atoms with van der Waals surface area (Å²) in [7, 11) is 0. The maximum absolute atomic E-state index is 12.2. The van der Waals surface area contributed by atoms with Gasteiger partial charge < -0.3 is 16.3 Å². The van der Waals surface area contributed by atoms with Gasteiger partial charge >= 0.3 is 0 Å². The van der Waals surface area contributed by atoms with E-state index in [1.54, 1.807) is 0 Å². The van der Waals surface area contributed by atoms with Crippen molar-refractivity contribution in [2.75, 3.05) is 0 Å². The molecule has 1 aliphatic carbocycles. The quantitative estimate of drug-likeness (QED) is 0.236. The smallest absolute Gasteiger partial charge is 0.252 e. The van der Waals surface area contributed by atoms with Crippen LogP contribution in [0.3, 0.4) is 0 Å². The van der Waals surface area contributed by atoms with Crippen LogP contribution in [0.5, 0.6) is 0 Å². The molecule has 20 heavy (non-hydrogen) atoms. The summed E-state index contributed by atoms with van der Waals surface area (Å²) < 4.78 is 1.06. The van der Waals surface area contributed by atoms with E-state index in [2.05, 4.69) is 33.1 Å². The lowest BCUT2D eigenvalue weighted by molar-refractivity contribution is 0.0931. The van der Waals surface area contributed by atoms with Crippen LogP contribution in [0.2, 0.25) is 0 Å². The summed E-state index contributed by atoms with van der Waals surface area (Å²) in [4.78, 5) is 12.2. The lowest BCUT2D eigenvalue weighted by atomic mass is 9.83. The van der Waals surface area contributed by atoms with E-state index in [1.165, 1.54) is 17.8 Å². The highest BCUT2D eigenvalue weighted by atomic mass is 127. The maximum atomic E-state index is 12.2. The highest BCUT2D eigenvalue weighted by Gasteiger charge is 2.29. The first-order valence-electron chi connectivity index (χ1n) is 6.64. The number of amides is 1. The fraction of sp³-hybridized carbons (Fsp3) is 0.538. The molecule has 0 aromatic carbocycles. The van der Waals surface area contributed by atoms with Crippen LogP contribution in [-0.4, -0.2) is 23.0 Å².